The summed E-state index contributed by atoms with van der Waals surface area (Å²) in [5.74, 6) is 0.644. The van der Waals surface area contributed by atoms with Crippen LogP contribution in [-0.2, 0) is 0 Å². The number of hydrogen-bond acceptors (Lipinski definition) is 3. The van der Waals surface area contributed by atoms with E-state index >= 15 is 0 Å². The molecule has 0 unspecified atom stereocenters. The molecule has 11 rings (SSSR count). The molecule has 0 amide bonds. The Morgan fingerprint density at radius 1 is 0.431 bits per heavy atom. The van der Waals surface area contributed by atoms with E-state index in [-0.39, 0.29) is 0 Å². The van der Waals surface area contributed by atoms with Gasteiger partial charge in [0.2, 0.25) is 0 Å². The molecule has 4 heterocycles. The van der Waals surface area contributed by atoms with E-state index < -0.39 is 0 Å². The summed E-state index contributed by atoms with van der Waals surface area (Å²) in [6.07, 6.45) is 0. The Labute approximate surface area is 292 Å². The molecule has 0 aliphatic rings. The summed E-state index contributed by atoms with van der Waals surface area (Å²) in [5.41, 5.74) is 11.7. The molecule has 5 heteroatoms. The van der Waals surface area contributed by atoms with Crippen LogP contribution >= 0.6 is 0 Å². The van der Waals surface area contributed by atoms with Crippen molar-refractivity contribution in [1.29, 1.82) is 0 Å². The third-order valence-corrected chi connectivity index (χ3v) is 10.1. The molecule has 7 aromatic carbocycles. The van der Waals surface area contributed by atoms with Gasteiger partial charge in [-0.05, 0) is 48.5 Å². The fourth-order valence-electron chi connectivity index (χ4n) is 7.96. The van der Waals surface area contributed by atoms with Gasteiger partial charge in [0, 0.05) is 43.7 Å². The first-order chi connectivity index (χ1) is 25.3. The van der Waals surface area contributed by atoms with Gasteiger partial charge in [-0.2, -0.15) is 0 Å². The second-order valence-electron chi connectivity index (χ2n) is 13.0. The van der Waals surface area contributed by atoms with Gasteiger partial charge in [-0.15, -0.1) is 0 Å². The summed E-state index contributed by atoms with van der Waals surface area (Å²) >= 11 is 0. The van der Waals surface area contributed by atoms with Crippen LogP contribution in [-0.4, -0.2) is 19.1 Å². The molecule has 0 radical (unpaired) electrons. The number of nitrogens with zero attached hydrogens (tertiary/aromatic N) is 4. The highest BCUT2D eigenvalue weighted by atomic mass is 16.3. The summed E-state index contributed by atoms with van der Waals surface area (Å²) in [6, 6.07) is 59.5. The van der Waals surface area contributed by atoms with Gasteiger partial charge in [-0.25, -0.2) is 9.97 Å². The summed E-state index contributed by atoms with van der Waals surface area (Å²) in [5, 5.41) is 5.77. The lowest BCUT2D eigenvalue weighted by molar-refractivity contribution is 0.667. The van der Waals surface area contributed by atoms with Gasteiger partial charge in [0.05, 0.1) is 27.8 Å². The lowest BCUT2D eigenvalue weighted by Gasteiger charge is -2.15. The minimum Gasteiger partial charge on any atom is -0.452 e. The summed E-state index contributed by atoms with van der Waals surface area (Å²) < 4.78 is 11.3. The number of hydrogen-bond donors (Lipinski definition) is 0. The molecule has 0 atom stereocenters. The van der Waals surface area contributed by atoms with E-state index in [0.717, 1.165) is 61.2 Å². The number of furan rings is 1. The molecule has 0 spiro atoms. The van der Waals surface area contributed by atoms with Crippen molar-refractivity contribution in [1.82, 2.24) is 19.1 Å². The maximum absolute atomic E-state index is 6.45. The normalized spacial score (nSPS) is 11.9. The maximum atomic E-state index is 6.45. The molecule has 11 aromatic rings. The van der Waals surface area contributed by atoms with Gasteiger partial charge in [-0.1, -0.05) is 121 Å². The fourth-order valence-corrected chi connectivity index (χ4v) is 7.96. The van der Waals surface area contributed by atoms with E-state index in [0.29, 0.717) is 11.4 Å². The molecule has 0 aliphatic carbocycles. The molecule has 238 valence electrons. The van der Waals surface area contributed by atoms with Crippen LogP contribution < -0.4 is 0 Å². The predicted molar refractivity (Wildman–Crippen MR) is 209 cm³/mol. The smallest absolute Gasteiger partial charge is 0.180 e. The number of rotatable bonds is 4. The van der Waals surface area contributed by atoms with Crippen LogP contribution in [0.25, 0.3) is 99.7 Å². The van der Waals surface area contributed by atoms with E-state index in [4.69, 9.17) is 14.4 Å². The summed E-state index contributed by atoms with van der Waals surface area (Å²) in [7, 11) is 0. The SMILES string of the molecule is c1ccc(-c2nc(-c3ccccc3-n3c4ccccc4c4ccc5c6ccccc6n(-c6ccccc6)c5c43)nc3c2oc2ccccc23)cc1. The molecule has 0 aliphatic heterocycles. The summed E-state index contributed by atoms with van der Waals surface area (Å²) in [6.45, 7) is 0. The van der Waals surface area contributed by atoms with Gasteiger partial charge in [-0.3, -0.25) is 0 Å². The van der Waals surface area contributed by atoms with Gasteiger partial charge in [0.15, 0.2) is 11.4 Å². The molecule has 0 bridgehead atoms. The van der Waals surface area contributed by atoms with Crippen molar-refractivity contribution in [3.8, 4) is 34.0 Å². The lowest BCUT2D eigenvalue weighted by Crippen LogP contribution is -2.02. The van der Waals surface area contributed by atoms with Gasteiger partial charge >= 0.3 is 0 Å². The van der Waals surface area contributed by atoms with E-state index in [1.165, 1.54) is 27.1 Å². The minimum atomic E-state index is 0.644. The third kappa shape index (κ3) is 4.03. The number of fused-ring (bicyclic) bond motifs is 10. The standard InChI is InChI=1S/C46H28N4O/c1-3-15-29(16-4-1)41-45-42(36-22-10-14-26-40(36)51-45)48-46(47-41)35-21-9-13-25-39(35)50-38-24-12-8-20-32(38)34-28-27-33-31-19-7-11-23-37(31)49(43(33)44(34)50)30-17-5-2-6-18-30/h1-28H. The first-order valence-corrected chi connectivity index (χ1v) is 17.2. The molecule has 0 fully saturated rings. The quantitative estimate of drug-likeness (QED) is 0.190. The predicted octanol–water partition coefficient (Wildman–Crippen LogP) is 11.9. The lowest BCUT2D eigenvalue weighted by atomic mass is 10.1. The van der Waals surface area contributed by atoms with E-state index in [2.05, 4.69) is 143 Å². The van der Waals surface area contributed by atoms with E-state index in [1.807, 2.05) is 36.4 Å². The highest BCUT2D eigenvalue weighted by Crippen LogP contribution is 2.43. The highest BCUT2D eigenvalue weighted by molar-refractivity contribution is 6.24. The van der Waals surface area contributed by atoms with E-state index in [1.54, 1.807) is 0 Å². The largest absolute Gasteiger partial charge is 0.452 e. The Bertz CT molecular complexity index is 3130. The second kappa shape index (κ2) is 10.8. The van der Waals surface area contributed by atoms with Crippen LogP contribution in [0.3, 0.4) is 0 Å². The van der Waals surface area contributed by atoms with Crippen molar-refractivity contribution < 1.29 is 4.42 Å². The zero-order valence-electron chi connectivity index (χ0n) is 27.4. The van der Waals surface area contributed by atoms with Crippen LogP contribution in [0, 0.1) is 0 Å². The molecule has 51 heavy (non-hydrogen) atoms. The molecule has 0 saturated heterocycles. The molecular weight excluding hydrogens is 625 g/mol. The van der Waals surface area contributed by atoms with Gasteiger partial charge < -0.3 is 13.6 Å². The highest BCUT2D eigenvalue weighted by Gasteiger charge is 2.24. The first-order valence-electron chi connectivity index (χ1n) is 17.2. The van der Waals surface area contributed by atoms with Crippen LogP contribution in [0.2, 0.25) is 0 Å². The van der Waals surface area contributed by atoms with Crippen molar-refractivity contribution in [2.24, 2.45) is 0 Å². The average Bonchev–Trinajstić information content (AvgIpc) is 3.86. The monoisotopic (exact) mass is 652 g/mol. The molecule has 0 N–H and O–H groups in total. The van der Waals surface area contributed by atoms with Crippen LogP contribution in [0.5, 0.6) is 0 Å². The Hall–Kier alpha value is -6.98. The van der Waals surface area contributed by atoms with Gasteiger partial charge in [0.1, 0.15) is 16.8 Å². The number of benzene rings is 7. The zero-order valence-corrected chi connectivity index (χ0v) is 27.4. The zero-order chi connectivity index (χ0) is 33.5. The number of aromatic nitrogens is 4. The fraction of sp³-hybridized carbons (Fsp3) is 0. The van der Waals surface area contributed by atoms with Crippen molar-refractivity contribution in [2.75, 3.05) is 0 Å². The van der Waals surface area contributed by atoms with Crippen LogP contribution in [0.1, 0.15) is 0 Å². The minimum absolute atomic E-state index is 0.644. The van der Waals surface area contributed by atoms with Crippen LogP contribution in [0.4, 0.5) is 0 Å². The van der Waals surface area contributed by atoms with Crippen molar-refractivity contribution in [3.05, 3.63) is 170 Å². The number of para-hydroxylation sites is 5. The Balaban J connectivity index is 1.29. The average molecular weight is 653 g/mol. The second-order valence-corrected chi connectivity index (χ2v) is 13.0. The van der Waals surface area contributed by atoms with Crippen LogP contribution in [0.15, 0.2) is 174 Å². The molecule has 4 aromatic heterocycles. The van der Waals surface area contributed by atoms with Crippen molar-refractivity contribution in [2.45, 2.75) is 0 Å². The molecular formula is C46H28N4O. The third-order valence-electron chi connectivity index (χ3n) is 10.1. The maximum Gasteiger partial charge on any atom is 0.180 e. The summed E-state index contributed by atoms with van der Waals surface area (Å²) in [4.78, 5) is 10.6. The van der Waals surface area contributed by atoms with Gasteiger partial charge in [0.25, 0.3) is 0 Å². The Morgan fingerprint density at radius 3 is 1.75 bits per heavy atom. The molecule has 5 nitrogen and oxygen atoms in total. The Kier molecular flexibility index (Phi) is 5.89. The van der Waals surface area contributed by atoms with Crippen molar-refractivity contribution >= 4 is 65.7 Å². The molecule has 0 saturated carbocycles. The Morgan fingerprint density at radius 2 is 1.00 bits per heavy atom. The van der Waals surface area contributed by atoms with Crippen molar-refractivity contribution in [3.63, 3.8) is 0 Å². The first kappa shape index (κ1) is 27.9. The topological polar surface area (TPSA) is 48.8 Å². The van der Waals surface area contributed by atoms with E-state index in [9.17, 15) is 0 Å².